The first-order valence-electron chi connectivity index (χ1n) is 3.48. The number of hydrogen-bond acceptors (Lipinski definition) is 2. The third-order valence-corrected chi connectivity index (χ3v) is 2.16. The van der Waals surface area contributed by atoms with Gasteiger partial charge in [-0.3, -0.25) is 4.79 Å². The molecule has 0 bridgehead atoms. The molecule has 0 amide bonds. The van der Waals surface area contributed by atoms with Gasteiger partial charge in [0.05, 0.1) is 0 Å². The zero-order chi connectivity index (χ0) is 6.91. The number of hydrogen-bond donors (Lipinski definition) is 1. The summed E-state index contributed by atoms with van der Waals surface area (Å²) in [6.45, 7) is 2.46. The Kier molecular flexibility index (Phi) is 1.58. The van der Waals surface area contributed by atoms with E-state index in [4.69, 9.17) is 5.73 Å². The summed E-state index contributed by atoms with van der Waals surface area (Å²) in [4.78, 5) is 11.0. The Labute approximate surface area is 55.4 Å². The van der Waals surface area contributed by atoms with Crippen LogP contribution in [0.1, 0.15) is 26.2 Å². The molecule has 2 heteroatoms. The highest BCUT2D eigenvalue weighted by Crippen LogP contribution is 2.45. The maximum absolute atomic E-state index is 11.0. The second kappa shape index (κ2) is 2.10. The average Bonchev–Trinajstić information content (AvgIpc) is 2.66. The van der Waals surface area contributed by atoms with Crippen molar-refractivity contribution in [1.29, 1.82) is 0 Å². The van der Waals surface area contributed by atoms with Crippen LogP contribution < -0.4 is 5.73 Å². The van der Waals surface area contributed by atoms with E-state index in [1.165, 1.54) is 0 Å². The van der Waals surface area contributed by atoms with Gasteiger partial charge < -0.3 is 5.73 Å². The Hall–Kier alpha value is -0.370. The van der Waals surface area contributed by atoms with E-state index in [-0.39, 0.29) is 5.41 Å². The second-order valence-electron chi connectivity index (χ2n) is 2.76. The van der Waals surface area contributed by atoms with Gasteiger partial charge in [-0.25, -0.2) is 0 Å². The summed E-state index contributed by atoms with van der Waals surface area (Å²) in [7, 11) is 0. The summed E-state index contributed by atoms with van der Waals surface area (Å²) in [5.41, 5.74) is 5.36. The van der Waals surface area contributed by atoms with Crippen LogP contribution in [0.4, 0.5) is 0 Å². The van der Waals surface area contributed by atoms with Gasteiger partial charge in [0.1, 0.15) is 5.78 Å². The van der Waals surface area contributed by atoms with Crippen LogP contribution in [0.5, 0.6) is 0 Å². The molecule has 0 atom stereocenters. The summed E-state index contributed by atoms with van der Waals surface area (Å²) < 4.78 is 0. The van der Waals surface area contributed by atoms with E-state index >= 15 is 0 Å². The number of nitrogens with two attached hydrogens (primary N) is 1. The monoisotopic (exact) mass is 127 g/mol. The van der Waals surface area contributed by atoms with Gasteiger partial charge in [0.15, 0.2) is 0 Å². The van der Waals surface area contributed by atoms with Crippen LogP contribution >= 0.6 is 0 Å². The zero-order valence-corrected chi connectivity index (χ0v) is 5.81. The van der Waals surface area contributed by atoms with Crippen LogP contribution in [0.15, 0.2) is 0 Å². The molecule has 1 fully saturated rings. The van der Waals surface area contributed by atoms with Gasteiger partial charge in [-0.15, -0.1) is 0 Å². The minimum absolute atomic E-state index is 0.0608. The van der Waals surface area contributed by atoms with Crippen LogP contribution in [-0.4, -0.2) is 12.3 Å². The SMILES string of the molecule is CCC(=O)C1(CN)CC1. The van der Waals surface area contributed by atoms with Crippen molar-refractivity contribution in [2.24, 2.45) is 11.1 Å². The summed E-state index contributed by atoms with van der Waals surface area (Å²) in [6, 6.07) is 0. The van der Waals surface area contributed by atoms with E-state index in [0.717, 1.165) is 12.8 Å². The largest absolute Gasteiger partial charge is 0.329 e. The maximum Gasteiger partial charge on any atom is 0.140 e. The van der Waals surface area contributed by atoms with Crippen molar-refractivity contribution in [2.75, 3.05) is 6.54 Å². The normalized spacial score (nSPS) is 21.6. The number of Topliss-reactive ketones (excluding diaryl/α,β-unsaturated/α-hetero) is 1. The minimum atomic E-state index is -0.0608. The first kappa shape index (κ1) is 6.75. The van der Waals surface area contributed by atoms with Gasteiger partial charge in [0.2, 0.25) is 0 Å². The van der Waals surface area contributed by atoms with Crippen LogP contribution in [0.3, 0.4) is 0 Å². The Bertz CT molecular complexity index is 127. The molecule has 0 aliphatic heterocycles. The molecule has 0 unspecified atom stereocenters. The first-order chi connectivity index (χ1) is 4.25. The van der Waals surface area contributed by atoms with E-state index in [2.05, 4.69) is 0 Å². The average molecular weight is 127 g/mol. The molecule has 0 spiro atoms. The maximum atomic E-state index is 11.0. The number of ketones is 1. The van der Waals surface area contributed by atoms with Crippen molar-refractivity contribution in [3.63, 3.8) is 0 Å². The fraction of sp³-hybridized carbons (Fsp3) is 0.857. The molecular formula is C7H13NO. The molecule has 52 valence electrons. The molecule has 0 aromatic rings. The van der Waals surface area contributed by atoms with Crippen LogP contribution in [0, 0.1) is 5.41 Å². The van der Waals surface area contributed by atoms with Gasteiger partial charge in [0.25, 0.3) is 0 Å². The summed E-state index contributed by atoms with van der Waals surface area (Å²) in [5.74, 6) is 0.352. The molecule has 0 aromatic heterocycles. The van der Waals surface area contributed by atoms with Crippen molar-refractivity contribution < 1.29 is 4.79 Å². The first-order valence-corrected chi connectivity index (χ1v) is 3.48. The van der Waals surface area contributed by atoms with E-state index < -0.39 is 0 Å². The lowest BCUT2D eigenvalue weighted by Crippen LogP contribution is -2.24. The summed E-state index contributed by atoms with van der Waals surface area (Å²) >= 11 is 0. The van der Waals surface area contributed by atoms with E-state index in [9.17, 15) is 4.79 Å². The van der Waals surface area contributed by atoms with Gasteiger partial charge in [0, 0.05) is 18.4 Å². The highest BCUT2D eigenvalue weighted by atomic mass is 16.1. The molecule has 0 saturated heterocycles. The van der Waals surface area contributed by atoms with Crippen molar-refractivity contribution in [1.82, 2.24) is 0 Å². The molecular weight excluding hydrogens is 114 g/mol. The van der Waals surface area contributed by atoms with Crippen LogP contribution in [0.25, 0.3) is 0 Å². The quantitative estimate of drug-likeness (QED) is 0.606. The van der Waals surface area contributed by atoms with Crippen molar-refractivity contribution >= 4 is 5.78 Å². The Morgan fingerprint density at radius 3 is 2.33 bits per heavy atom. The Balaban J connectivity index is 2.49. The van der Waals surface area contributed by atoms with Gasteiger partial charge in [-0.1, -0.05) is 6.92 Å². The molecule has 1 aliphatic rings. The Morgan fingerprint density at radius 2 is 2.22 bits per heavy atom. The molecule has 9 heavy (non-hydrogen) atoms. The van der Waals surface area contributed by atoms with Crippen molar-refractivity contribution in [3.05, 3.63) is 0 Å². The summed E-state index contributed by atoms with van der Waals surface area (Å²) in [5, 5.41) is 0. The minimum Gasteiger partial charge on any atom is -0.329 e. The third kappa shape index (κ3) is 0.990. The zero-order valence-electron chi connectivity index (χ0n) is 5.81. The Morgan fingerprint density at radius 1 is 1.67 bits per heavy atom. The molecule has 1 aliphatic carbocycles. The van der Waals surface area contributed by atoms with Gasteiger partial charge in [-0.05, 0) is 12.8 Å². The summed E-state index contributed by atoms with van der Waals surface area (Å²) in [6.07, 6.45) is 2.70. The fourth-order valence-electron chi connectivity index (χ4n) is 1.12. The molecule has 2 N–H and O–H groups in total. The van der Waals surface area contributed by atoms with Crippen LogP contribution in [-0.2, 0) is 4.79 Å². The molecule has 2 nitrogen and oxygen atoms in total. The lowest BCUT2D eigenvalue weighted by Gasteiger charge is -2.06. The molecule has 1 rings (SSSR count). The highest BCUT2D eigenvalue weighted by molar-refractivity contribution is 5.87. The molecule has 0 heterocycles. The van der Waals surface area contributed by atoms with E-state index in [0.29, 0.717) is 18.7 Å². The van der Waals surface area contributed by atoms with Crippen molar-refractivity contribution in [3.8, 4) is 0 Å². The van der Waals surface area contributed by atoms with Crippen molar-refractivity contribution in [2.45, 2.75) is 26.2 Å². The molecule has 1 saturated carbocycles. The third-order valence-electron chi connectivity index (χ3n) is 2.16. The molecule has 0 aromatic carbocycles. The van der Waals surface area contributed by atoms with E-state index in [1.54, 1.807) is 0 Å². The number of carbonyl (C=O) groups is 1. The van der Waals surface area contributed by atoms with Crippen LogP contribution in [0.2, 0.25) is 0 Å². The topological polar surface area (TPSA) is 43.1 Å². The van der Waals surface area contributed by atoms with Gasteiger partial charge in [-0.2, -0.15) is 0 Å². The fourth-order valence-corrected chi connectivity index (χ4v) is 1.12. The number of carbonyl (C=O) groups excluding carboxylic acids is 1. The number of rotatable bonds is 3. The second-order valence-corrected chi connectivity index (χ2v) is 2.76. The van der Waals surface area contributed by atoms with E-state index in [1.807, 2.05) is 6.92 Å². The lowest BCUT2D eigenvalue weighted by atomic mass is 10.00. The smallest absolute Gasteiger partial charge is 0.140 e. The standard InChI is InChI=1S/C7H13NO/c1-2-6(9)7(5-8)3-4-7/h2-5,8H2,1H3. The highest BCUT2D eigenvalue weighted by Gasteiger charge is 2.46. The molecule has 0 radical (unpaired) electrons. The predicted octanol–water partition coefficient (Wildman–Crippen LogP) is 0.704. The van der Waals surface area contributed by atoms with Gasteiger partial charge >= 0.3 is 0 Å². The lowest BCUT2D eigenvalue weighted by molar-refractivity contribution is -0.123. The predicted molar refractivity (Wildman–Crippen MR) is 36.0 cm³/mol.